The molecule has 0 aliphatic rings. The van der Waals surface area contributed by atoms with Crippen molar-refractivity contribution in [1.29, 1.82) is 0 Å². The molecule has 0 unspecified atom stereocenters. The number of benzene rings is 2. The average molecular weight is 392 g/mol. The van der Waals surface area contributed by atoms with Crippen LogP contribution in [0.1, 0.15) is 5.56 Å². The van der Waals surface area contributed by atoms with Gasteiger partial charge in [-0.3, -0.25) is 4.79 Å². The van der Waals surface area contributed by atoms with Crippen LogP contribution < -0.4 is 10.1 Å². The first-order valence-corrected chi connectivity index (χ1v) is 9.97. The highest BCUT2D eigenvalue weighted by molar-refractivity contribution is 7.89. The van der Waals surface area contributed by atoms with Gasteiger partial charge in [0.15, 0.2) is 0 Å². The Kier molecular flexibility index (Phi) is 7.78. The third-order valence-electron chi connectivity index (χ3n) is 3.94. The highest BCUT2D eigenvalue weighted by atomic mass is 32.2. The molecule has 0 saturated carbocycles. The molecule has 0 radical (unpaired) electrons. The summed E-state index contributed by atoms with van der Waals surface area (Å²) in [4.78, 5) is 12.1. The van der Waals surface area contributed by atoms with Crippen LogP contribution in [0, 0.1) is 0 Å². The van der Waals surface area contributed by atoms with E-state index in [1.807, 2.05) is 30.3 Å². The van der Waals surface area contributed by atoms with Gasteiger partial charge in [0.2, 0.25) is 15.9 Å². The van der Waals surface area contributed by atoms with Crippen molar-refractivity contribution in [3.05, 3.63) is 60.2 Å². The molecule has 2 rings (SSSR count). The summed E-state index contributed by atoms with van der Waals surface area (Å²) in [6.07, 6.45) is 0.476. The Bertz CT molecular complexity index is 823. The normalized spacial score (nSPS) is 11.4. The zero-order chi connectivity index (χ0) is 19.7. The maximum absolute atomic E-state index is 13.0. The van der Waals surface area contributed by atoms with Crippen LogP contribution >= 0.6 is 0 Å². The minimum absolute atomic E-state index is 0.0773. The van der Waals surface area contributed by atoms with Gasteiger partial charge in [0.05, 0.1) is 25.2 Å². The third kappa shape index (κ3) is 6.06. The lowest BCUT2D eigenvalue weighted by Crippen LogP contribution is -2.42. The predicted molar refractivity (Wildman–Crippen MR) is 102 cm³/mol. The van der Waals surface area contributed by atoms with Gasteiger partial charge in [-0.15, -0.1) is 0 Å². The van der Waals surface area contributed by atoms with Gasteiger partial charge >= 0.3 is 0 Å². The maximum Gasteiger partial charge on any atom is 0.243 e. The molecule has 0 aliphatic heterocycles. The molecule has 0 aromatic heterocycles. The summed E-state index contributed by atoms with van der Waals surface area (Å²) in [5, 5.41) is 11.3. The lowest BCUT2D eigenvalue weighted by atomic mass is 10.1. The molecular formula is C19H24N2O5S. The van der Waals surface area contributed by atoms with Gasteiger partial charge in [-0.05, 0) is 36.2 Å². The lowest BCUT2D eigenvalue weighted by Gasteiger charge is -2.22. The summed E-state index contributed by atoms with van der Waals surface area (Å²) in [5.74, 6) is 0.0830. The second-order valence-corrected chi connectivity index (χ2v) is 7.76. The number of aliphatic hydroxyl groups excluding tert-OH is 1. The molecular weight excluding hydrogens is 368 g/mol. The van der Waals surface area contributed by atoms with Crippen molar-refractivity contribution in [2.24, 2.45) is 0 Å². The molecule has 2 N–H and O–H groups in total. The second-order valence-electron chi connectivity index (χ2n) is 5.82. The van der Waals surface area contributed by atoms with E-state index in [1.165, 1.54) is 19.2 Å². The highest BCUT2D eigenvalue weighted by Crippen LogP contribution is 2.20. The number of aliphatic hydroxyl groups is 1. The molecule has 0 saturated heterocycles. The molecule has 27 heavy (non-hydrogen) atoms. The van der Waals surface area contributed by atoms with E-state index in [4.69, 9.17) is 9.84 Å². The number of carbonyl (C=O) groups excluding carboxylic acids is 1. The van der Waals surface area contributed by atoms with Crippen LogP contribution in [0.3, 0.4) is 0 Å². The van der Waals surface area contributed by atoms with Gasteiger partial charge < -0.3 is 15.2 Å². The Morgan fingerprint density at radius 1 is 1.11 bits per heavy atom. The molecule has 0 fully saturated rings. The number of ether oxygens (including phenoxy) is 1. The predicted octanol–water partition coefficient (Wildman–Crippen LogP) is 1.04. The molecule has 7 nitrogen and oxygen atoms in total. The first-order valence-electron chi connectivity index (χ1n) is 8.53. The second kappa shape index (κ2) is 10.1. The fraction of sp³-hybridized carbons (Fsp3) is 0.316. The van der Waals surface area contributed by atoms with Crippen molar-refractivity contribution in [1.82, 2.24) is 9.62 Å². The Hall–Kier alpha value is -2.42. The number of nitrogens with zero attached hydrogens (tertiary/aromatic N) is 1. The molecule has 0 atom stereocenters. The van der Waals surface area contributed by atoms with Crippen molar-refractivity contribution in [2.75, 3.05) is 33.4 Å². The molecule has 0 aliphatic carbocycles. The smallest absolute Gasteiger partial charge is 0.243 e. The Labute approximate surface area is 159 Å². The molecule has 1 amide bonds. The van der Waals surface area contributed by atoms with E-state index < -0.39 is 15.9 Å². The number of hydrogen-bond donors (Lipinski definition) is 2. The molecule has 0 spiro atoms. The van der Waals surface area contributed by atoms with Gasteiger partial charge in [-0.25, -0.2) is 8.42 Å². The quantitative estimate of drug-likeness (QED) is 0.630. The van der Waals surface area contributed by atoms with E-state index in [0.29, 0.717) is 12.2 Å². The van der Waals surface area contributed by atoms with Gasteiger partial charge in [0.25, 0.3) is 0 Å². The summed E-state index contributed by atoms with van der Waals surface area (Å²) in [6, 6.07) is 15.5. The van der Waals surface area contributed by atoms with Crippen molar-refractivity contribution >= 4 is 15.9 Å². The third-order valence-corrected chi connectivity index (χ3v) is 5.80. The number of carbonyl (C=O) groups is 1. The average Bonchev–Trinajstić information content (AvgIpc) is 2.70. The molecule has 8 heteroatoms. The Morgan fingerprint density at radius 2 is 1.78 bits per heavy atom. The minimum atomic E-state index is -3.86. The topological polar surface area (TPSA) is 95.9 Å². The fourth-order valence-corrected chi connectivity index (χ4v) is 3.89. The SMILES string of the molecule is COc1ccc(S(=O)(=O)N(CCc2ccccc2)CC(=O)NCCO)cc1. The molecule has 2 aromatic carbocycles. The largest absolute Gasteiger partial charge is 0.497 e. The number of rotatable bonds is 10. The zero-order valence-electron chi connectivity index (χ0n) is 15.2. The lowest BCUT2D eigenvalue weighted by molar-refractivity contribution is -0.121. The molecule has 0 heterocycles. The first kappa shape index (κ1) is 20.9. The van der Waals surface area contributed by atoms with Crippen LogP contribution in [0.25, 0.3) is 0 Å². The summed E-state index contributed by atoms with van der Waals surface area (Å²) >= 11 is 0. The number of methoxy groups -OCH3 is 1. The van der Waals surface area contributed by atoms with E-state index >= 15 is 0 Å². The van der Waals surface area contributed by atoms with Crippen molar-refractivity contribution in [3.8, 4) is 5.75 Å². The van der Waals surface area contributed by atoms with E-state index in [-0.39, 0.29) is 31.1 Å². The molecule has 0 bridgehead atoms. The van der Waals surface area contributed by atoms with Crippen LogP contribution in [0.15, 0.2) is 59.5 Å². The molecule has 2 aromatic rings. The number of nitrogens with one attached hydrogen (secondary N) is 1. The minimum Gasteiger partial charge on any atom is -0.497 e. The Balaban J connectivity index is 2.21. The van der Waals surface area contributed by atoms with E-state index in [2.05, 4.69) is 5.32 Å². The van der Waals surface area contributed by atoms with Crippen molar-refractivity contribution in [2.45, 2.75) is 11.3 Å². The summed E-state index contributed by atoms with van der Waals surface area (Å²) in [6.45, 7) is -0.291. The van der Waals surface area contributed by atoms with Crippen LogP contribution in [0.2, 0.25) is 0 Å². The van der Waals surface area contributed by atoms with Gasteiger partial charge in [0.1, 0.15) is 5.75 Å². The van der Waals surface area contributed by atoms with E-state index in [0.717, 1.165) is 9.87 Å². The summed E-state index contributed by atoms with van der Waals surface area (Å²) in [7, 11) is -2.36. The van der Waals surface area contributed by atoms with Crippen molar-refractivity contribution < 1.29 is 23.1 Å². The highest BCUT2D eigenvalue weighted by Gasteiger charge is 2.26. The number of hydrogen-bond acceptors (Lipinski definition) is 5. The number of sulfonamides is 1. The summed E-state index contributed by atoms with van der Waals surface area (Å²) < 4.78 is 32.2. The van der Waals surface area contributed by atoms with Crippen LogP contribution in [0.4, 0.5) is 0 Å². The Morgan fingerprint density at radius 3 is 2.37 bits per heavy atom. The van der Waals surface area contributed by atoms with Gasteiger partial charge in [0, 0.05) is 13.1 Å². The van der Waals surface area contributed by atoms with Gasteiger partial charge in [-0.2, -0.15) is 4.31 Å². The fourth-order valence-electron chi connectivity index (χ4n) is 2.49. The van der Waals surface area contributed by atoms with Crippen LogP contribution in [0.5, 0.6) is 5.75 Å². The maximum atomic E-state index is 13.0. The monoisotopic (exact) mass is 392 g/mol. The van der Waals surface area contributed by atoms with Crippen molar-refractivity contribution in [3.63, 3.8) is 0 Å². The van der Waals surface area contributed by atoms with Gasteiger partial charge in [-0.1, -0.05) is 30.3 Å². The van der Waals surface area contributed by atoms with E-state index in [9.17, 15) is 13.2 Å². The number of amides is 1. The van der Waals surface area contributed by atoms with E-state index in [1.54, 1.807) is 12.1 Å². The standard InChI is InChI=1S/C19H24N2O5S/c1-26-17-7-9-18(10-8-17)27(24,25)21(15-19(23)20-12-14-22)13-11-16-5-3-2-4-6-16/h2-10,22H,11-15H2,1H3,(H,20,23). The first-order chi connectivity index (χ1) is 13.0. The van der Waals surface area contributed by atoms with Crippen LogP contribution in [-0.2, 0) is 21.2 Å². The summed E-state index contributed by atoms with van der Waals surface area (Å²) in [5.41, 5.74) is 0.975. The molecule has 146 valence electrons. The van der Waals surface area contributed by atoms with Crippen LogP contribution in [-0.4, -0.2) is 57.1 Å². The zero-order valence-corrected chi connectivity index (χ0v) is 16.0.